The van der Waals surface area contributed by atoms with E-state index in [9.17, 15) is 13.6 Å². The maximum Gasteiger partial charge on any atom is 0.167 e. The molecule has 0 aromatic heterocycles. The van der Waals surface area contributed by atoms with Crippen LogP contribution in [0.5, 0.6) is 5.75 Å². The van der Waals surface area contributed by atoms with Gasteiger partial charge >= 0.3 is 0 Å². The van der Waals surface area contributed by atoms with E-state index in [1.165, 1.54) is 31.2 Å². The highest BCUT2D eigenvalue weighted by molar-refractivity contribution is 5.77. The fourth-order valence-electron chi connectivity index (χ4n) is 3.35. The largest absolute Gasteiger partial charge is 0.485 e. The normalized spacial score (nSPS) is 10.7. The number of aryl methyl sites for hydroxylation is 1. The highest BCUT2D eigenvalue weighted by Crippen LogP contribution is 2.31. The van der Waals surface area contributed by atoms with Crippen molar-refractivity contribution in [3.63, 3.8) is 0 Å². The Hall–Kier alpha value is -3.21. The molecule has 3 aromatic rings. The summed E-state index contributed by atoms with van der Waals surface area (Å²) < 4.78 is 33.6. The van der Waals surface area contributed by atoms with Gasteiger partial charge in [-0.05, 0) is 85.8 Å². The summed E-state index contributed by atoms with van der Waals surface area (Å²) in [7, 11) is 0. The van der Waals surface area contributed by atoms with Crippen molar-refractivity contribution in [3.05, 3.63) is 82.4 Å². The lowest BCUT2D eigenvalue weighted by Gasteiger charge is -2.17. The van der Waals surface area contributed by atoms with Crippen LogP contribution in [-0.4, -0.2) is 12.4 Å². The van der Waals surface area contributed by atoms with Gasteiger partial charge in [0.15, 0.2) is 5.78 Å². The number of halogens is 2. The number of Topliss-reactive ketones (excluding diaryl/α,β-unsaturated/α-hetero) is 1. The van der Waals surface area contributed by atoms with Gasteiger partial charge in [-0.25, -0.2) is 8.78 Å². The zero-order valence-electron chi connectivity index (χ0n) is 17.6. The van der Waals surface area contributed by atoms with Crippen LogP contribution in [0.25, 0.3) is 11.1 Å². The van der Waals surface area contributed by atoms with Crippen molar-refractivity contribution in [3.8, 4) is 16.9 Å². The standard InChI is InChI=1S/C25H25F2NO2/c1-15-10-20(19-6-5-7-22(26)12-19)11-21(17(15)3)13-28-25-18(4)24(9-8-23(25)27)30-14-16(2)29/h5-12,28H,13-14H2,1-4H3. The summed E-state index contributed by atoms with van der Waals surface area (Å²) in [5.74, 6) is -0.312. The van der Waals surface area contributed by atoms with E-state index in [1.54, 1.807) is 13.0 Å². The Kier molecular flexibility index (Phi) is 6.50. The molecule has 0 saturated carbocycles. The average Bonchev–Trinajstić information content (AvgIpc) is 2.70. The molecule has 0 atom stereocenters. The first-order chi connectivity index (χ1) is 14.3. The molecule has 3 nitrogen and oxygen atoms in total. The number of hydrogen-bond acceptors (Lipinski definition) is 3. The second-order valence-corrected chi connectivity index (χ2v) is 7.48. The second kappa shape index (κ2) is 9.08. The lowest BCUT2D eigenvalue weighted by atomic mass is 9.95. The molecule has 1 N–H and O–H groups in total. The molecule has 30 heavy (non-hydrogen) atoms. The van der Waals surface area contributed by atoms with Crippen LogP contribution in [0, 0.1) is 32.4 Å². The molecule has 0 heterocycles. The third-order valence-corrected chi connectivity index (χ3v) is 5.18. The second-order valence-electron chi connectivity index (χ2n) is 7.48. The molecule has 3 rings (SSSR count). The van der Waals surface area contributed by atoms with Crippen LogP contribution in [0.15, 0.2) is 48.5 Å². The molecule has 5 heteroatoms. The molecule has 0 aliphatic rings. The Bertz CT molecular complexity index is 1090. The first kappa shape index (κ1) is 21.5. The van der Waals surface area contributed by atoms with Crippen LogP contribution in [0.3, 0.4) is 0 Å². The van der Waals surface area contributed by atoms with E-state index in [2.05, 4.69) is 5.32 Å². The van der Waals surface area contributed by atoms with E-state index >= 15 is 0 Å². The fourth-order valence-corrected chi connectivity index (χ4v) is 3.35. The van der Waals surface area contributed by atoms with Gasteiger partial charge in [-0.3, -0.25) is 4.79 Å². The fraction of sp³-hybridized carbons (Fsp3) is 0.240. The minimum absolute atomic E-state index is 0.0557. The van der Waals surface area contributed by atoms with Gasteiger partial charge in [0.25, 0.3) is 0 Å². The van der Waals surface area contributed by atoms with Gasteiger partial charge in [0.2, 0.25) is 0 Å². The zero-order chi connectivity index (χ0) is 21.8. The number of ether oxygens (including phenoxy) is 1. The topological polar surface area (TPSA) is 38.3 Å². The van der Waals surface area contributed by atoms with Crippen molar-refractivity contribution >= 4 is 11.5 Å². The minimum Gasteiger partial charge on any atom is -0.485 e. The maximum absolute atomic E-state index is 14.5. The lowest BCUT2D eigenvalue weighted by Crippen LogP contribution is -2.10. The molecular formula is C25H25F2NO2. The van der Waals surface area contributed by atoms with Crippen LogP contribution >= 0.6 is 0 Å². The summed E-state index contributed by atoms with van der Waals surface area (Å²) >= 11 is 0. The van der Waals surface area contributed by atoms with E-state index in [0.717, 1.165) is 27.8 Å². The highest BCUT2D eigenvalue weighted by Gasteiger charge is 2.13. The van der Waals surface area contributed by atoms with Crippen molar-refractivity contribution in [1.29, 1.82) is 0 Å². The molecular weight excluding hydrogens is 384 g/mol. The highest BCUT2D eigenvalue weighted by atomic mass is 19.1. The van der Waals surface area contributed by atoms with Gasteiger partial charge in [0.05, 0.1) is 5.69 Å². The summed E-state index contributed by atoms with van der Waals surface area (Å²) in [4.78, 5) is 11.2. The third kappa shape index (κ3) is 4.85. The summed E-state index contributed by atoms with van der Waals surface area (Å²) in [5.41, 5.74) is 5.79. The van der Waals surface area contributed by atoms with E-state index in [4.69, 9.17) is 4.74 Å². The molecule has 0 aliphatic carbocycles. The molecule has 0 bridgehead atoms. The van der Waals surface area contributed by atoms with Gasteiger partial charge in [0, 0.05) is 12.1 Å². The zero-order valence-corrected chi connectivity index (χ0v) is 17.6. The smallest absolute Gasteiger partial charge is 0.167 e. The van der Waals surface area contributed by atoms with Crippen LogP contribution in [0.4, 0.5) is 14.5 Å². The monoisotopic (exact) mass is 409 g/mol. The summed E-state index contributed by atoms with van der Waals surface area (Å²) in [6, 6.07) is 13.3. The first-order valence-corrected chi connectivity index (χ1v) is 9.77. The number of carbonyl (C=O) groups is 1. The van der Waals surface area contributed by atoms with Crippen LogP contribution in [0.2, 0.25) is 0 Å². The van der Waals surface area contributed by atoms with Gasteiger partial charge < -0.3 is 10.1 Å². The first-order valence-electron chi connectivity index (χ1n) is 9.77. The molecule has 0 spiro atoms. The van der Waals surface area contributed by atoms with Crippen molar-refractivity contribution in [2.75, 3.05) is 11.9 Å². The summed E-state index contributed by atoms with van der Waals surface area (Å²) in [5, 5.41) is 3.17. The molecule has 0 amide bonds. The van der Waals surface area contributed by atoms with E-state index in [1.807, 2.05) is 32.0 Å². The van der Waals surface area contributed by atoms with E-state index in [0.29, 0.717) is 23.5 Å². The van der Waals surface area contributed by atoms with Gasteiger partial charge in [-0.1, -0.05) is 18.2 Å². The van der Waals surface area contributed by atoms with E-state index < -0.39 is 5.82 Å². The summed E-state index contributed by atoms with van der Waals surface area (Å²) in [6.45, 7) is 7.54. The number of nitrogens with one attached hydrogen (secondary N) is 1. The van der Waals surface area contributed by atoms with Crippen molar-refractivity contribution < 1.29 is 18.3 Å². The van der Waals surface area contributed by atoms with Crippen LogP contribution < -0.4 is 10.1 Å². The quantitative estimate of drug-likeness (QED) is 0.510. The molecule has 156 valence electrons. The molecule has 0 unspecified atom stereocenters. The number of benzene rings is 3. The number of ketones is 1. The number of rotatable bonds is 7. The Morgan fingerprint density at radius 3 is 2.43 bits per heavy atom. The molecule has 0 saturated heterocycles. The third-order valence-electron chi connectivity index (χ3n) is 5.18. The van der Waals surface area contributed by atoms with Crippen molar-refractivity contribution in [1.82, 2.24) is 0 Å². The molecule has 0 radical (unpaired) electrons. The Balaban J connectivity index is 1.89. The number of hydrogen-bond donors (Lipinski definition) is 1. The Morgan fingerprint density at radius 1 is 0.967 bits per heavy atom. The average molecular weight is 409 g/mol. The lowest BCUT2D eigenvalue weighted by molar-refractivity contribution is -0.118. The van der Waals surface area contributed by atoms with Gasteiger partial charge in [-0.15, -0.1) is 0 Å². The van der Waals surface area contributed by atoms with Crippen molar-refractivity contribution in [2.24, 2.45) is 0 Å². The van der Waals surface area contributed by atoms with E-state index in [-0.39, 0.29) is 18.2 Å². The SMILES string of the molecule is CC(=O)COc1ccc(F)c(NCc2cc(-c3cccc(F)c3)cc(C)c2C)c1C. The van der Waals surface area contributed by atoms with Crippen LogP contribution in [0.1, 0.15) is 29.2 Å². The van der Waals surface area contributed by atoms with Gasteiger partial charge in [0.1, 0.15) is 24.0 Å². The van der Waals surface area contributed by atoms with Crippen LogP contribution in [-0.2, 0) is 11.3 Å². The molecule has 3 aromatic carbocycles. The number of anilines is 1. The maximum atomic E-state index is 14.5. The molecule has 0 aliphatic heterocycles. The summed E-state index contributed by atoms with van der Waals surface area (Å²) in [6.07, 6.45) is 0. The van der Waals surface area contributed by atoms with Gasteiger partial charge in [-0.2, -0.15) is 0 Å². The predicted molar refractivity (Wildman–Crippen MR) is 116 cm³/mol. The minimum atomic E-state index is -0.390. The Labute approximate surface area is 175 Å². The molecule has 0 fully saturated rings. The predicted octanol–water partition coefficient (Wildman–Crippen LogP) is 6.14. The van der Waals surface area contributed by atoms with Crippen molar-refractivity contribution in [2.45, 2.75) is 34.2 Å². The Morgan fingerprint density at radius 2 is 1.73 bits per heavy atom. The number of carbonyl (C=O) groups excluding carboxylic acids is 1.